The van der Waals surface area contributed by atoms with E-state index in [1.54, 1.807) is 11.3 Å². The van der Waals surface area contributed by atoms with Crippen molar-refractivity contribution >= 4 is 11.3 Å². The Labute approximate surface area is 186 Å². The quantitative estimate of drug-likeness (QED) is 0.630. The van der Waals surface area contributed by atoms with E-state index in [1.807, 2.05) is 6.20 Å². The second-order valence-corrected chi connectivity index (χ2v) is 13.2. The van der Waals surface area contributed by atoms with Crippen LogP contribution in [0.4, 0.5) is 0 Å². The van der Waals surface area contributed by atoms with E-state index in [9.17, 15) is 10.2 Å². The fourth-order valence-electron chi connectivity index (χ4n) is 8.99. The Morgan fingerprint density at radius 1 is 1.07 bits per heavy atom. The Kier molecular flexibility index (Phi) is 5.60. The fraction of sp³-hybridized carbons (Fsp3) is 0.885. The summed E-state index contributed by atoms with van der Waals surface area (Å²) >= 11 is 1.70. The summed E-state index contributed by atoms with van der Waals surface area (Å²) in [5.41, 5.74) is 0.0986. The van der Waals surface area contributed by atoms with Crippen molar-refractivity contribution in [2.75, 3.05) is 0 Å². The molecule has 4 fully saturated rings. The third-order valence-corrected chi connectivity index (χ3v) is 11.3. The van der Waals surface area contributed by atoms with E-state index in [0.29, 0.717) is 11.3 Å². The van der Waals surface area contributed by atoms with Crippen LogP contribution in [0.1, 0.15) is 88.4 Å². The van der Waals surface area contributed by atoms with Gasteiger partial charge in [-0.3, -0.25) is 0 Å². The van der Waals surface area contributed by atoms with Gasteiger partial charge in [0.15, 0.2) is 0 Å². The Morgan fingerprint density at radius 2 is 1.87 bits per heavy atom. The van der Waals surface area contributed by atoms with Crippen molar-refractivity contribution in [2.24, 2.45) is 46.8 Å². The van der Waals surface area contributed by atoms with Crippen molar-refractivity contribution < 1.29 is 10.2 Å². The summed E-state index contributed by atoms with van der Waals surface area (Å²) in [7, 11) is 0. The van der Waals surface area contributed by atoms with E-state index in [0.717, 1.165) is 59.6 Å². The normalized spacial score (nSPS) is 46.7. The zero-order chi connectivity index (χ0) is 21.1. The van der Waals surface area contributed by atoms with Crippen LogP contribution >= 0.6 is 11.3 Å². The summed E-state index contributed by atoms with van der Waals surface area (Å²) in [6, 6.07) is 0. The predicted molar refractivity (Wildman–Crippen MR) is 122 cm³/mol. The van der Waals surface area contributed by atoms with Crippen molar-refractivity contribution in [3.63, 3.8) is 0 Å². The Morgan fingerprint density at radius 3 is 2.63 bits per heavy atom. The molecule has 0 saturated heterocycles. The second kappa shape index (κ2) is 7.85. The zero-order valence-electron chi connectivity index (χ0n) is 19.1. The number of nitrogens with zero attached hydrogens (tertiary/aromatic N) is 1. The topological polar surface area (TPSA) is 53.4 Å². The minimum atomic E-state index is -0.406. The molecule has 4 aliphatic rings. The summed E-state index contributed by atoms with van der Waals surface area (Å²) in [6.45, 7) is 7.30. The number of hydrogen-bond donors (Lipinski definition) is 2. The van der Waals surface area contributed by atoms with Crippen LogP contribution in [-0.2, 0) is 13.0 Å². The highest BCUT2D eigenvalue weighted by Gasteiger charge is 2.58. The summed E-state index contributed by atoms with van der Waals surface area (Å²) in [4.78, 5) is 5.58. The lowest BCUT2D eigenvalue weighted by molar-refractivity contribution is -0.102. The van der Waals surface area contributed by atoms with E-state index in [4.69, 9.17) is 0 Å². The summed E-state index contributed by atoms with van der Waals surface area (Å²) in [5.74, 6) is 5.93. The van der Waals surface area contributed by atoms with Gasteiger partial charge in [0, 0.05) is 12.6 Å². The lowest BCUT2D eigenvalue weighted by Crippen LogP contribution is -2.50. The number of rotatable bonds is 4. The molecule has 0 aromatic carbocycles. The maximum Gasteiger partial charge on any atom is 0.0931 e. The molecule has 1 aromatic rings. The van der Waals surface area contributed by atoms with Gasteiger partial charge in [0.1, 0.15) is 0 Å². The molecule has 1 heterocycles. The average Bonchev–Trinajstić information content (AvgIpc) is 3.30. The van der Waals surface area contributed by atoms with Gasteiger partial charge in [-0.05, 0) is 112 Å². The number of aliphatic hydroxyl groups excluding tert-OH is 1. The van der Waals surface area contributed by atoms with Crippen molar-refractivity contribution in [3.8, 4) is 0 Å². The Hall–Kier alpha value is -0.450. The molecule has 4 saturated carbocycles. The van der Waals surface area contributed by atoms with Crippen molar-refractivity contribution in [2.45, 2.75) is 97.2 Å². The number of aliphatic hydroxyl groups is 2. The van der Waals surface area contributed by atoms with Crippen molar-refractivity contribution in [1.29, 1.82) is 0 Å². The number of thiazole rings is 1. The molecule has 4 aliphatic carbocycles. The molecule has 0 bridgehead atoms. The zero-order valence-corrected chi connectivity index (χ0v) is 20.0. The van der Waals surface area contributed by atoms with Crippen LogP contribution in [-0.4, -0.2) is 20.8 Å². The number of hydrogen-bond acceptors (Lipinski definition) is 4. The molecule has 30 heavy (non-hydrogen) atoms. The van der Waals surface area contributed by atoms with Crippen LogP contribution in [0.5, 0.6) is 0 Å². The maximum atomic E-state index is 10.6. The van der Waals surface area contributed by atoms with Gasteiger partial charge in [-0.25, -0.2) is 4.98 Å². The van der Waals surface area contributed by atoms with Crippen LogP contribution < -0.4 is 0 Å². The highest BCUT2D eigenvalue weighted by Crippen LogP contribution is 2.65. The molecule has 1 aromatic heterocycles. The van der Waals surface area contributed by atoms with Gasteiger partial charge >= 0.3 is 0 Å². The molecule has 0 radical (unpaired) electrons. The molecule has 3 nitrogen and oxygen atoms in total. The van der Waals surface area contributed by atoms with Crippen LogP contribution in [0.3, 0.4) is 0 Å². The molecule has 0 amide bonds. The van der Waals surface area contributed by atoms with E-state index in [2.05, 4.69) is 25.8 Å². The van der Waals surface area contributed by atoms with Crippen molar-refractivity contribution in [3.05, 3.63) is 16.1 Å². The Balaban J connectivity index is 1.29. The van der Waals surface area contributed by atoms with Gasteiger partial charge in [0.25, 0.3) is 0 Å². The van der Waals surface area contributed by atoms with Gasteiger partial charge in [0.05, 0.1) is 22.1 Å². The van der Waals surface area contributed by atoms with Crippen LogP contribution in [0.25, 0.3) is 0 Å². The maximum absolute atomic E-state index is 10.6. The molecule has 5 rings (SSSR count). The first-order valence-corrected chi connectivity index (χ1v) is 13.4. The highest BCUT2D eigenvalue weighted by molar-refractivity contribution is 7.11. The first-order chi connectivity index (χ1) is 14.3. The van der Waals surface area contributed by atoms with E-state index < -0.39 is 5.60 Å². The minimum Gasteiger partial charge on any atom is -0.391 e. The third kappa shape index (κ3) is 3.59. The molecule has 2 N–H and O–H groups in total. The van der Waals surface area contributed by atoms with Crippen LogP contribution in [0.15, 0.2) is 6.20 Å². The van der Waals surface area contributed by atoms with Gasteiger partial charge in [-0.2, -0.15) is 0 Å². The molecular formula is C26H41NO2S. The van der Waals surface area contributed by atoms with E-state index >= 15 is 0 Å². The third-order valence-electron chi connectivity index (χ3n) is 10.3. The van der Waals surface area contributed by atoms with Gasteiger partial charge in [-0.1, -0.05) is 13.8 Å². The average molecular weight is 432 g/mol. The van der Waals surface area contributed by atoms with Crippen molar-refractivity contribution in [1.82, 2.24) is 4.98 Å². The summed E-state index contributed by atoms with van der Waals surface area (Å²) in [6.07, 6.45) is 14.7. The molecular weight excluding hydrogens is 390 g/mol. The standard InChI is InChI=1S/C26H41NO2S/c1-16(12-24-27-14-18(15-28)30-24)22-6-7-23-21-5-4-17-13-25(2,29)10-8-19(17)20(21)9-11-26(22,23)3/h14,16-17,19-23,28-29H,4-13,15H2,1-3H3/t16-,17+,19-,20+,21+,22?,23-,25+,26+/m0/s1. The van der Waals surface area contributed by atoms with E-state index in [-0.39, 0.29) is 6.61 Å². The summed E-state index contributed by atoms with van der Waals surface area (Å²) < 4.78 is 0. The van der Waals surface area contributed by atoms with Gasteiger partial charge in [-0.15, -0.1) is 11.3 Å². The number of aromatic nitrogens is 1. The predicted octanol–water partition coefficient (Wildman–Crippen LogP) is 5.83. The summed E-state index contributed by atoms with van der Waals surface area (Å²) in [5, 5.41) is 21.2. The SMILES string of the molecule is C[C@@H](Cc1ncc(CO)s1)C1CC[C@H]2[C@@H]3CC[C@@H]4C[C@](C)(O)CC[C@@H]4[C@H]3CC[C@]12C. The largest absolute Gasteiger partial charge is 0.391 e. The van der Waals surface area contributed by atoms with Gasteiger partial charge in [0.2, 0.25) is 0 Å². The van der Waals surface area contributed by atoms with E-state index in [1.165, 1.54) is 50.0 Å². The minimum absolute atomic E-state index is 0.121. The molecule has 168 valence electrons. The first-order valence-electron chi connectivity index (χ1n) is 12.6. The fourth-order valence-corrected chi connectivity index (χ4v) is 9.91. The molecule has 0 aliphatic heterocycles. The lowest BCUT2D eigenvalue weighted by Gasteiger charge is -2.57. The molecule has 0 spiro atoms. The van der Waals surface area contributed by atoms with Crippen LogP contribution in [0, 0.1) is 46.8 Å². The highest BCUT2D eigenvalue weighted by atomic mass is 32.1. The molecule has 4 heteroatoms. The first kappa shape index (κ1) is 21.4. The van der Waals surface area contributed by atoms with Gasteiger partial charge < -0.3 is 10.2 Å². The molecule has 9 atom stereocenters. The van der Waals surface area contributed by atoms with Crippen LogP contribution in [0.2, 0.25) is 0 Å². The molecule has 1 unspecified atom stereocenters. The number of fused-ring (bicyclic) bond motifs is 5. The second-order valence-electron chi connectivity index (χ2n) is 12.0. The Bertz CT molecular complexity index is 760. The lowest BCUT2D eigenvalue weighted by atomic mass is 9.48. The smallest absolute Gasteiger partial charge is 0.0931 e. The monoisotopic (exact) mass is 431 g/mol.